The van der Waals surface area contributed by atoms with Crippen molar-refractivity contribution in [1.82, 2.24) is 5.32 Å². The molecule has 0 bridgehead atoms. The maximum absolute atomic E-state index is 12.2. The molecule has 1 aromatic carbocycles. The van der Waals surface area contributed by atoms with E-state index in [0.717, 1.165) is 5.56 Å². The fourth-order valence-electron chi connectivity index (χ4n) is 1.99. The summed E-state index contributed by atoms with van der Waals surface area (Å²) in [6, 6.07) is 8.17. The molecule has 2 N–H and O–H groups in total. The lowest BCUT2D eigenvalue weighted by Crippen LogP contribution is -2.44. The molecule has 0 aliphatic rings. The summed E-state index contributed by atoms with van der Waals surface area (Å²) in [7, 11) is 0. The first-order chi connectivity index (χ1) is 11.7. The molecule has 0 saturated carbocycles. The summed E-state index contributed by atoms with van der Waals surface area (Å²) in [5.74, 6) is -1.58. The summed E-state index contributed by atoms with van der Waals surface area (Å²) in [5, 5.41) is 11.2. The molecule has 7 nitrogen and oxygen atoms in total. The van der Waals surface area contributed by atoms with Gasteiger partial charge in [-0.15, -0.1) is 0 Å². The number of hydrogen-bond donors (Lipinski definition) is 2. The Bertz CT molecular complexity index is 579. The molecule has 1 rings (SSSR count). The van der Waals surface area contributed by atoms with E-state index in [1.165, 1.54) is 0 Å². The average molecular weight is 351 g/mol. The number of hydrogen-bond acceptors (Lipinski definition) is 5. The number of rotatable bonds is 8. The van der Waals surface area contributed by atoms with Gasteiger partial charge in [0.05, 0.1) is 0 Å². The van der Waals surface area contributed by atoms with Gasteiger partial charge in [0.2, 0.25) is 0 Å². The quantitative estimate of drug-likeness (QED) is 0.698. The Kier molecular flexibility index (Phi) is 7.91. The van der Waals surface area contributed by atoms with Crippen LogP contribution in [0.25, 0.3) is 0 Å². The molecule has 0 fully saturated rings. The van der Waals surface area contributed by atoms with Crippen LogP contribution < -0.4 is 5.32 Å². The molecule has 1 amide bonds. The van der Waals surface area contributed by atoms with E-state index in [0.29, 0.717) is 0 Å². The van der Waals surface area contributed by atoms with Gasteiger partial charge in [-0.25, -0.2) is 9.59 Å². The minimum atomic E-state index is -0.963. The smallest absolute Gasteiger partial charge is 0.408 e. The topological polar surface area (TPSA) is 102 Å². The number of aliphatic carboxylic acids is 1. The van der Waals surface area contributed by atoms with Crippen molar-refractivity contribution in [1.29, 1.82) is 0 Å². The first kappa shape index (κ1) is 20.5. The lowest BCUT2D eigenvalue weighted by atomic mass is 10.1. The van der Waals surface area contributed by atoms with Gasteiger partial charge < -0.3 is 19.9 Å². The van der Waals surface area contributed by atoms with Gasteiger partial charge in [-0.1, -0.05) is 30.3 Å². The average Bonchev–Trinajstić information content (AvgIpc) is 2.51. The Balaban J connectivity index is 2.59. The lowest BCUT2D eigenvalue weighted by molar-refractivity contribution is -0.157. The van der Waals surface area contributed by atoms with E-state index in [1.807, 2.05) is 30.3 Å². The predicted octanol–water partition coefficient (Wildman–Crippen LogP) is 2.88. The molecular weight excluding hydrogens is 326 g/mol. The minimum Gasteiger partial charge on any atom is -0.481 e. The molecule has 0 spiro atoms. The highest BCUT2D eigenvalue weighted by atomic mass is 16.6. The number of benzene rings is 1. The molecule has 0 heterocycles. The molecule has 1 atom stereocenters. The monoisotopic (exact) mass is 351 g/mol. The van der Waals surface area contributed by atoms with Crippen LogP contribution in [0.4, 0.5) is 4.79 Å². The fraction of sp³-hybridized carbons (Fsp3) is 0.500. The van der Waals surface area contributed by atoms with E-state index in [4.69, 9.17) is 14.6 Å². The largest absolute Gasteiger partial charge is 0.481 e. The first-order valence-corrected chi connectivity index (χ1v) is 8.09. The second kappa shape index (κ2) is 9.66. The highest BCUT2D eigenvalue weighted by Gasteiger charge is 2.27. The maximum atomic E-state index is 12.2. The van der Waals surface area contributed by atoms with Gasteiger partial charge in [0.1, 0.15) is 18.2 Å². The van der Waals surface area contributed by atoms with Crippen LogP contribution in [0.15, 0.2) is 30.3 Å². The summed E-state index contributed by atoms with van der Waals surface area (Å²) in [6.07, 6.45) is -0.463. The molecule has 25 heavy (non-hydrogen) atoms. The first-order valence-electron chi connectivity index (χ1n) is 8.09. The zero-order valence-corrected chi connectivity index (χ0v) is 14.8. The van der Waals surface area contributed by atoms with Crippen molar-refractivity contribution in [3.05, 3.63) is 35.9 Å². The molecule has 0 saturated heterocycles. The number of esters is 1. The molecule has 0 aliphatic heterocycles. The third-order valence-electron chi connectivity index (χ3n) is 3.08. The van der Waals surface area contributed by atoms with Crippen LogP contribution in [-0.4, -0.2) is 34.8 Å². The Labute approximate surface area is 147 Å². The second-order valence-electron chi connectivity index (χ2n) is 6.58. The number of carbonyl (C=O) groups excluding carboxylic acids is 2. The number of carboxylic acids is 1. The Morgan fingerprint density at radius 1 is 1.16 bits per heavy atom. The Morgan fingerprint density at radius 3 is 2.36 bits per heavy atom. The number of carbonyl (C=O) groups is 3. The van der Waals surface area contributed by atoms with Gasteiger partial charge in [-0.2, -0.15) is 0 Å². The summed E-state index contributed by atoms with van der Waals surface area (Å²) >= 11 is 0. The number of carboxylic acid groups (broad SMARTS) is 1. The van der Waals surface area contributed by atoms with Crippen LogP contribution in [0, 0.1) is 0 Å². The summed E-state index contributed by atoms with van der Waals surface area (Å²) in [4.78, 5) is 34.8. The molecular formula is C18H25NO6. The van der Waals surface area contributed by atoms with Crippen molar-refractivity contribution in [2.45, 2.75) is 58.3 Å². The summed E-state index contributed by atoms with van der Waals surface area (Å²) in [5.41, 5.74) is 0.106. The van der Waals surface area contributed by atoms with E-state index in [9.17, 15) is 14.4 Å². The third-order valence-corrected chi connectivity index (χ3v) is 3.08. The summed E-state index contributed by atoms with van der Waals surface area (Å²) < 4.78 is 10.4. The number of nitrogens with one attached hydrogen (secondary N) is 1. The molecule has 0 aliphatic carbocycles. The fourth-order valence-corrected chi connectivity index (χ4v) is 1.99. The van der Waals surface area contributed by atoms with Crippen LogP contribution in [0.3, 0.4) is 0 Å². The highest BCUT2D eigenvalue weighted by molar-refractivity contribution is 5.81. The lowest BCUT2D eigenvalue weighted by Gasteiger charge is -2.24. The molecule has 0 aromatic heterocycles. The van der Waals surface area contributed by atoms with Gasteiger partial charge in [0, 0.05) is 6.42 Å². The Morgan fingerprint density at radius 2 is 1.80 bits per heavy atom. The minimum absolute atomic E-state index is 0.0723. The van der Waals surface area contributed by atoms with E-state index >= 15 is 0 Å². The molecule has 0 unspecified atom stereocenters. The van der Waals surface area contributed by atoms with Crippen molar-refractivity contribution in [2.24, 2.45) is 0 Å². The number of alkyl carbamates (subject to hydrolysis) is 1. The molecule has 7 heteroatoms. The van der Waals surface area contributed by atoms with Gasteiger partial charge >= 0.3 is 18.0 Å². The second-order valence-corrected chi connectivity index (χ2v) is 6.58. The SMILES string of the molecule is CC(C)(C)OC(=O)[C@H](CCCC(=O)O)NC(=O)OCc1ccccc1. The van der Waals surface area contributed by atoms with Crippen LogP contribution >= 0.6 is 0 Å². The van der Waals surface area contributed by atoms with Gasteiger partial charge in [-0.3, -0.25) is 4.79 Å². The normalized spacial score (nSPS) is 12.1. The van der Waals surface area contributed by atoms with E-state index in [-0.39, 0.29) is 25.9 Å². The van der Waals surface area contributed by atoms with Crippen molar-refractivity contribution in [2.75, 3.05) is 0 Å². The summed E-state index contributed by atoms with van der Waals surface area (Å²) in [6.45, 7) is 5.22. The van der Waals surface area contributed by atoms with Gasteiger partial charge in [0.25, 0.3) is 0 Å². The van der Waals surface area contributed by atoms with Gasteiger partial charge in [0.15, 0.2) is 0 Å². The van der Waals surface area contributed by atoms with E-state index < -0.39 is 29.7 Å². The van der Waals surface area contributed by atoms with Crippen molar-refractivity contribution in [3.63, 3.8) is 0 Å². The van der Waals surface area contributed by atoms with Crippen LogP contribution in [0.2, 0.25) is 0 Å². The van der Waals surface area contributed by atoms with E-state index in [1.54, 1.807) is 20.8 Å². The molecule has 0 radical (unpaired) electrons. The molecule has 138 valence electrons. The van der Waals surface area contributed by atoms with Crippen LogP contribution in [-0.2, 0) is 25.7 Å². The van der Waals surface area contributed by atoms with Crippen LogP contribution in [0.5, 0.6) is 0 Å². The zero-order valence-electron chi connectivity index (χ0n) is 14.8. The van der Waals surface area contributed by atoms with Crippen LogP contribution in [0.1, 0.15) is 45.6 Å². The number of ether oxygens (including phenoxy) is 2. The van der Waals surface area contributed by atoms with Crippen molar-refractivity contribution >= 4 is 18.0 Å². The van der Waals surface area contributed by atoms with E-state index in [2.05, 4.69) is 5.32 Å². The molecule has 1 aromatic rings. The zero-order chi connectivity index (χ0) is 18.9. The van der Waals surface area contributed by atoms with Crippen molar-refractivity contribution < 1.29 is 29.0 Å². The van der Waals surface area contributed by atoms with Gasteiger partial charge in [-0.05, 0) is 39.2 Å². The van der Waals surface area contributed by atoms with Crippen molar-refractivity contribution in [3.8, 4) is 0 Å². The predicted molar refractivity (Wildman–Crippen MR) is 90.9 cm³/mol. The number of amides is 1. The Hall–Kier alpha value is -2.57. The highest BCUT2D eigenvalue weighted by Crippen LogP contribution is 2.12. The third kappa shape index (κ3) is 9.34. The maximum Gasteiger partial charge on any atom is 0.408 e. The standard InChI is InChI=1S/C18H25NO6/c1-18(2,3)25-16(22)14(10-7-11-15(20)21)19-17(23)24-12-13-8-5-4-6-9-13/h4-6,8-9,14H,7,10-12H2,1-3H3,(H,19,23)(H,20,21)/t14-/m0/s1.